The summed E-state index contributed by atoms with van der Waals surface area (Å²) in [5, 5.41) is 10.2. The lowest BCUT2D eigenvalue weighted by atomic mass is 9.98. The molecule has 6 nitrogen and oxygen atoms in total. The first-order chi connectivity index (χ1) is 16.6. The number of ether oxygens (including phenoxy) is 1. The Hall–Kier alpha value is -3.11. The molecule has 2 heterocycles. The number of fused-ring (bicyclic) bond motifs is 1. The van der Waals surface area contributed by atoms with Crippen molar-refractivity contribution in [3.05, 3.63) is 64.8 Å². The van der Waals surface area contributed by atoms with Gasteiger partial charge < -0.3 is 14.8 Å². The van der Waals surface area contributed by atoms with Crippen molar-refractivity contribution in [3.8, 4) is 5.75 Å². The van der Waals surface area contributed by atoms with E-state index in [4.69, 9.17) is 4.74 Å². The predicted molar refractivity (Wildman–Crippen MR) is 124 cm³/mol. The number of carboxylic acid groups (broad SMARTS) is 1. The largest absolute Gasteiger partial charge is 0.496 e. The number of aryl methyl sites for hydroxylation is 1. The van der Waals surface area contributed by atoms with Crippen LogP contribution in [-0.2, 0) is 6.54 Å². The molecule has 1 fully saturated rings. The maximum Gasteiger partial charge on any atom is 0.335 e. The van der Waals surface area contributed by atoms with E-state index in [1.807, 2.05) is 25.3 Å². The van der Waals surface area contributed by atoms with Crippen LogP contribution in [0, 0.1) is 6.92 Å². The number of nitrogens with zero attached hydrogens (tertiary/aromatic N) is 2. The number of hydrogen-bond acceptors (Lipinski definition) is 4. The van der Waals surface area contributed by atoms with E-state index in [2.05, 4.69) is 9.88 Å². The number of alkyl halides is 4. The molecule has 3 aromatic rings. The SMILES string of the molecule is COc1cc(C)c2[nH]ccc2c1CN1CCN(CC(F)(F)C(F)F)C[C@H]1c1ccc(C(=O)O)cc1. The molecule has 1 aliphatic heterocycles. The number of aromatic nitrogens is 1. The minimum atomic E-state index is -4.11. The van der Waals surface area contributed by atoms with Gasteiger partial charge in [-0.25, -0.2) is 13.6 Å². The van der Waals surface area contributed by atoms with Crippen molar-refractivity contribution in [1.82, 2.24) is 14.8 Å². The van der Waals surface area contributed by atoms with Crippen LogP contribution in [0.5, 0.6) is 5.75 Å². The predicted octanol–water partition coefficient (Wildman–Crippen LogP) is 4.94. The van der Waals surface area contributed by atoms with Gasteiger partial charge in [-0.2, -0.15) is 8.78 Å². The number of hydrogen-bond donors (Lipinski definition) is 2. The van der Waals surface area contributed by atoms with Gasteiger partial charge in [-0.1, -0.05) is 12.1 Å². The summed E-state index contributed by atoms with van der Waals surface area (Å²) in [6.07, 6.45) is -1.90. The molecule has 1 atom stereocenters. The monoisotopic (exact) mass is 493 g/mol. The van der Waals surface area contributed by atoms with Crippen LogP contribution in [0.15, 0.2) is 42.6 Å². The smallest absolute Gasteiger partial charge is 0.335 e. The Balaban J connectivity index is 1.68. The fraction of sp³-hybridized carbons (Fsp3) is 0.400. The molecule has 10 heteroatoms. The second kappa shape index (κ2) is 9.87. The molecule has 0 saturated carbocycles. The van der Waals surface area contributed by atoms with Crippen LogP contribution in [0.4, 0.5) is 17.6 Å². The van der Waals surface area contributed by atoms with Crippen LogP contribution in [0.3, 0.4) is 0 Å². The zero-order valence-electron chi connectivity index (χ0n) is 19.4. The van der Waals surface area contributed by atoms with E-state index in [0.29, 0.717) is 18.8 Å². The zero-order chi connectivity index (χ0) is 25.3. The van der Waals surface area contributed by atoms with Gasteiger partial charge in [0, 0.05) is 54.9 Å². The fourth-order valence-corrected chi connectivity index (χ4v) is 4.73. The highest BCUT2D eigenvalue weighted by Crippen LogP contribution is 2.36. The van der Waals surface area contributed by atoms with E-state index in [1.165, 1.54) is 17.0 Å². The summed E-state index contributed by atoms with van der Waals surface area (Å²) in [4.78, 5) is 17.9. The third-order valence-electron chi connectivity index (χ3n) is 6.56. The Morgan fingerprint density at radius 3 is 2.57 bits per heavy atom. The van der Waals surface area contributed by atoms with Crippen molar-refractivity contribution in [3.63, 3.8) is 0 Å². The molecule has 35 heavy (non-hydrogen) atoms. The molecule has 4 rings (SSSR count). The zero-order valence-corrected chi connectivity index (χ0v) is 19.4. The normalized spacial score (nSPS) is 17.9. The lowest BCUT2D eigenvalue weighted by molar-refractivity contribution is -0.147. The Morgan fingerprint density at radius 2 is 1.94 bits per heavy atom. The van der Waals surface area contributed by atoms with Gasteiger partial charge in [0.05, 0.1) is 19.2 Å². The second-order valence-electron chi connectivity index (χ2n) is 8.85. The van der Waals surface area contributed by atoms with E-state index in [9.17, 15) is 27.5 Å². The third kappa shape index (κ3) is 5.13. The molecule has 1 saturated heterocycles. The topological polar surface area (TPSA) is 68.8 Å². The first-order valence-corrected chi connectivity index (χ1v) is 11.2. The van der Waals surface area contributed by atoms with Crippen molar-refractivity contribution in [2.45, 2.75) is 31.9 Å². The van der Waals surface area contributed by atoms with Gasteiger partial charge in [0.25, 0.3) is 0 Å². The van der Waals surface area contributed by atoms with E-state index in [0.717, 1.165) is 27.6 Å². The quantitative estimate of drug-likeness (QED) is 0.435. The van der Waals surface area contributed by atoms with E-state index < -0.39 is 30.9 Å². The van der Waals surface area contributed by atoms with Crippen molar-refractivity contribution in [1.29, 1.82) is 0 Å². The van der Waals surface area contributed by atoms with Crippen LogP contribution in [0.2, 0.25) is 0 Å². The van der Waals surface area contributed by atoms with Gasteiger partial charge in [-0.05, 0) is 42.3 Å². The number of rotatable bonds is 8. The minimum Gasteiger partial charge on any atom is -0.496 e. The first kappa shape index (κ1) is 25.0. The van der Waals surface area contributed by atoms with Crippen molar-refractivity contribution in [2.75, 3.05) is 33.3 Å². The van der Waals surface area contributed by atoms with Crippen LogP contribution in [-0.4, -0.2) is 71.5 Å². The van der Waals surface area contributed by atoms with Gasteiger partial charge in [0.1, 0.15) is 5.75 Å². The average Bonchev–Trinajstić information content (AvgIpc) is 3.32. The summed E-state index contributed by atoms with van der Waals surface area (Å²) < 4.78 is 59.0. The molecule has 0 spiro atoms. The molecular formula is C25H27F4N3O3. The number of carbonyl (C=O) groups is 1. The number of nitrogens with one attached hydrogen (secondary N) is 1. The summed E-state index contributed by atoms with van der Waals surface area (Å²) in [5.74, 6) is -4.49. The lowest BCUT2D eigenvalue weighted by Gasteiger charge is -2.42. The molecule has 1 aliphatic rings. The molecule has 0 unspecified atom stereocenters. The maximum atomic E-state index is 13.8. The van der Waals surface area contributed by atoms with Gasteiger partial charge in [0.2, 0.25) is 0 Å². The van der Waals surface area contributed by atoms with Crippen LogP contribution < -0.4 is 4.74 Å². The summed E-state index contributed by atoms with van der Waals surface area (Å²) in [6, 6.07) is 9.68. The number of aromatic carboxylic acids is 1. The molecule has 2 N–H and O–H groups in total. The van der Waals surface area contributed by atoms with Crippen LogP contribution in [0.25, 0.3) is 10.9 Å². The molecular weight excluding hydrogens is 466 g/mol. The van der Waals surface area contributed by atoms with Crippen molar-refractivity contribution < 1.29 is 32.2 Å². The molecule has 0 amide bonds. The molecule has 188 valence electrons. The molecule has 0 radical (unpaired) electrons. The highest BCUT2D eigenvalue weighted by Gasteiger charge is 2.43. The van der Waals surface area contributed by atoms with E-state index in [1.54, 1.807) is 19.2 Å². The highest BCUT2D eigenvalue weighted by atomic mass is 19.3. The maximum absolute atomic E-state index is 13.8. The minimum absolute atomic E-state index is 0.0964. The summed E-state index contributed by atoms with van der Waals surface area (Å²) in [7, 11) is 1.59. The number of halogens is 4. The Bertz CT molecular complexity index is 1200. The second-order valence-corrected chi connectivity index (χ2v) is 8.85. The first-order valence-electron chi connectivity index (χ1n) is 11.2. The number of aromatic amines is 1. The molecule has 0 aliphatic carbocycles. The summed E-state index contributed by atoms with van der Waals surface area (Å²) in [6.45, 7) is 2.00. The Morgan fingerprint density at radius 1 is 1.23 bits per heavy atom. The number of piperazine rings is 1. The van der Waals surface area contributed by atoms with Gasteiger partial charge >= 0.3 is 18.3 Å². The van der Waals surface area contributed by atoms with Crippen LogP contribution >= 0.6 is 0 Å². The standard InChI is InChI=1S/C25H27F4N3O3/c1-15-11-21(35-2)19(18-7-8-30-22(15)18)12-32-10-9-31(14-25(28,29)24(26)27)13-20(32)16-3-5-17(6-4-16)23(33)34/h3-8,11,20,24,30H,9-10,12-14H2,1-2H3,(H,33,34)/t20-/m0/s1. The molecule has 1 aromatic heterocycles. The third-order valence-corrected chi connectivity index (χ3v) is 6.56. The Labute approximate surface area is 200 Å². The van der Waals surface area contributed by atoms with Gasteiger partial charge in [-0.15, -0.1) is 0 Å². The number of methoxy groups -OCH3 is 1. The van der Waals surface area contributed by atoms with E-state index in [-0.39, 0.29) is 18.7 Å². The van der Waals surface area contributed by atoms with E-state index >= 15 is 0 Å². The Kier molecular flexibility index (Phi) is 7.05. The average molecular weight is 494 g/mol. The van der Waals surface area contributed by atoms with Crippen molar-refractivity contribution >= 4 is 16.9 Å². The lowest BCUT2D eigenvalue weighted by Crippen LogP contribution is -2.52. The summed E-state index contributed by atoms with van der Waals surface area (Å²) in [5.41, 5.74) is 3.74. The van der Waals surface area contributed by atoms with Crippen molar-refractivity contribution in [2.24, 2.45) is 0 Å². The number of benzene rings is 2. The molecule has 0 bridgehead atoms. The van der Waals surface area contributed by atoms with Crippen LogP contribution in [0.1, 0.15) is 33.1 Å². The fourth-order valence-electron chi connectivity index (χ4n) is 4.73. The van der Waals surface area contributed by atoms with Gasteiger partial charge in [0.15, 0.2) is 0 Å². The summed E-state index contributed by atoms with van der Waals surface area (Å²) >= 11 is 0. The number of H-pyrrole nitrogens is 1. The number of carboxylic acids is 1. The molecule has 2 aromatic carbocycles. The van der Waals surface area contributed by atoms with Gasteiger partial charge in [-0.3, -0.25) is 9.80 Å². The highest BCUT2D eigenvalue weighted by molar-refractivity contribution is 5.88.